The second-order valence-electron chi connectivity index (χ2n) is 4.28. The van der Waals surface area contributed by atoms with Gasteiger partial charge >= 0.3 is 12.1 Å². The summed E-state index contributed by atoms with van der Waals surface area (Å²) >= 11 is 0.890. The molecule has 2 rings (SSSR count). The van der Waals surface area contributed by atoms with E-state index in [4.69, 9.17) is 9.26 Å². The number of aromatic nitrogens is 1. The molecule has 2 aromatic rings. The smallest absolute Gasteiger partial charge is 0.416 e. The Bertz CT molecular complexity index is 682. The zero-order valence-electron chi connectivity index (χ0n) is 11.7. The first-order chi connectivity index (χ1) is 10.3. The number of carbonyl (C=O) groups is 1. The molecule has 0 bridgehead atoms. The molecule has 0 N–H and O–H groups in total. The topological polar surface area (TPSA) is 52.3 Å². The molecule has 0 fully saturated rings. The van der Waals surface area contributed by atoms with Crippen molar-refractivity contribution in [3.8, 4) is 0 Å². The van der Waals surface area contributed by atoms with E-state index in [0.717, 1.165) is 23.9 Å². The third-order valence-electron chi connectivity index (χ3n) is 2.68. The van der Waals surface area contributed by atoms with Crippen molar-refractivity contribution in [2.24, 2.45) is 0 Å². The highest BCUT2D eigenvalue weighted by atomic mass is 32.2. The van der Waals surface area contributed by atoms with Gasteiger partial charge in [-0.15, -0.1) is 0 Å². The summed E-state index contributed by atoms with van der Waals surface area (Å²) in [5.41, 5.74) is -0.316. The number of aryl methyl sites for hydroxylation is 1. The number of ether oxygens (including phenoxy) is 1. The number of carbonyl (C=O) groups excluding carboxylic acids is 1. The van der Waals surface area contributed by atoms with Crippen molar-refractivity contribution in [2.75, 3.05) is 6.61 Å². The van der Waals surface area contributed by atoms with E-state index in [1.807, 2.05) is 0 Å². The van der Waals surface area contributed by atoms with E-state index in [1.54, 1.807) is 13.8 Å². The molecule has 0 radical (unpaired) electrons. The van der Waals surface area contributed by atoms with Crippen LogP contribution in [-0.4, -0.2) is 17.7 Å². The predicted octanol–water partition coefficient (Wildman–Crippen LogP) is 4.33. The lowest BCUT2D eigenvalue weighted by atomic mass is 10.2. The average Bonchev–Trinajstić information content (AvgIpc) is 2.79. The van der Waals surface area contributed by atoms with Crippen LogP contribution in [0.1, 0.15) is 28.5 Å². The quantitative estimate of drug-likeness (QED) is 0.781. The summed E-state index contributed by atoms with van der Waals surface area (Å²) in [6.45, 7) is 3.39. The maximum absolute atomic E-state index is 12.7. The fourth-order valence-electron chi connectivity index (χ4n) is 1.70. The molecule has 0 aliphatic carbocycles. The predicted molar refractivity (Wildman–Crippen MR) is 72.8 cm³/mol. The van der Waals surface area contributed by atoms with E-state index < -0.39 is 17.7 Å². The van der Waals surface area contributed by atoms with Crippen molar-refractivity contribution in [2.45, 2.75) is 30.0 Å². The molecule has 4 nitrogen and oxygen atoms in total. The number of alkyl halides is 3. The van der Waals surface area contributed by atoms with Gasteiger partial charge < -0.3 is 9.26 Å². The minimum atomic E-state index is -4.43. The molecule has 1 aromatic carbocycles. The van der Waals surface area contributed by atoms with Gasteiger partial charge in [0.2, 0.25) is 5.09 Å². The normalized spacial score (nSPS) is 11.5. The molecule has 0 saturated carbocycles. The minimum Gasteiger partial charge on any atom is -0.462 e. The van der Waals surface area contributed by atoms with Crippen LogP contribution in [0.4, 0.5) is 13.2 Å². The zero-order chi connectivity index (χ0) is 16.3. The molecule has 0 spiro atoms. The van der Waals surface area contributed by atoms with Gasteiger partial charge in [-0.1, -0.05) is 11.2 Å². The number of esters is 1. The van der Waals surface area contributed by atoms with Gasteiger partial charge in [0.15, 0.2) is 0 Å². The summed E-state index contributed by atoms with van der Waals surface area (Å²) in [6.07, 6.45) is -4.43. The molecule has 0 unspecified atom stereocenters. The van der Waals surface area contributed by atoms with Crippen LogP contribution in [0.3, 0.4) is 0 Å². The number of rotatable bonds is 4. The maximum Gasteiger partial charge on any atom is 0.416 e. The molecule has 0 saturated heterocycles. The first-order valence-corrected chi connectivity index (χ1v) is 7.13. The van der Waals surface area contributed by atoms with Gasteiger partial charge in [-0.3, -0.25) is 0 Å². The number of hydrogen-bond donors (Lipinski definition) is 0. The highest BCUT2D eigenvalue weighted by molar-refractivity contribution is 7.99. The fourth-order valence-corrected chi connectivity index (χ4v) is 2.65. The van der Waals surface area contributed by atoms with Gasteiger partial charge in [0, 0.05) is 4.90 Å². The second-order valence-corrected chi connectivity index (χ2v) is 5.32. The average molecular weight is 331 g/mol. The Labute approximate surface area is 128 Å². The van der Waals surface area contributed by atoms with Crippen molar-refractivity contribution in [1.82, 2.24) is 5.16 Å². The van der Waals surface area contributed by atoms with E-state index in [0.29, 0.717) is 5.69 Å². The number of benzene rings is 1. The van der Waals surface area contributed by atoms with Gasteiger partial charge in [0.1, 0.15) is 5.56 Å². The molecule has 1 aromatic heterocycles. The van der Waals surface area contributed by atoms with Crippen molar-refractivity contribution >= 4 is 17.7 Å². The van der Waals surface area contributed by atoms with E-state index in [-0.39, 0.29) is 22.2 Å². The standard InChI is InChI=1S/C14H12F3NO3S/c1-3-20-12(19)11-8(2)18-21-13(11)22-10-6-4-5-9(7-10)14(15,16)17/h4-7H,3H2,1-2H3. The molecule has 0 atom stereocenters. The van der Waals surface area contributed by atoms with Crippen LogP contribution in [0, 0.1) is 6.92 Å². The first-order valence-electron chi connectivity index (χ1n) is 6.31. The van der Waals surface area contributed by atoms with Crippen LogP contribution >= 0.6 is 11.8 Å². The Kier molecular flexibility index (Phi) is 4.80. The van der Waals surface area contributed by atoms with Crippen LogP contribution in [0.15, 0.2) is 38.8 Å². The summed E-state index contributed by atoms with van der Waals surface area (Å²) in [4.78, 5) is 12.1. The van der Waals surface area contributed by atoms with E-state index in [2.05, 4.69) is 5.16 Å². The summed E-state index contributed by atoms with van der Waals surface area (Å²) in [7, 11) is 0. The lowest BCUT2D eigenvalue weighted by molar-refractivity contribution is -0.137. The Morgan fingerprint density at radius 2 is 2.14 bits per heavy atom. The van der Waals surface area contributed by atoms with Crippen LogP contribution in [-0.2, 0) is 10.9 Å². The Hall–Kier alpha value is -1.96. The lowest BCUT2D eigenvalue weighted by Gasteiger charge is -2.08. The molecule has 1 heterocycles. The number of halogens is 3. The highest BCUT2D eigenvalue weighted by Gasteiger charge is 2.31. The van der Waals surface area contributed by atoms with Gasteiger partial charge in [-0.05, 0) is 43.8 Å². The number of nitrogens with zero attached hydrogens (tertiary/aromatic N) is 1. The Balaban J connectivity index is 2.30. The summed E-state index contributed by atoms with van der Waals surface area (Å²) in [5.74, 6) is -0.615. The van der Waals surface area contributed by atoms with E-state index >= 15 is 0 Å². The summed E-state index contributed by atoms with van der Waals surface area (Å²) < 4.78 is 48.0. The summed E-state index contributed by atoms with van der Waals surface area (Å²) in [6, 6.07) is 4.74. The van der Waals surface area contributed by atoms with Crippen molar-refractivity contribution in [3.63, 3.8) is 0 Å². The van der Waals surface area contributed by atoms with Crippen LogP contribution in [0.25, 0.3) is 0 Å². The van der Waals surface area contributed by atoms with Gasteiger partial charge in [-0.2, -0.15) is 13.2 Å². The minimum absolute atomic E-state index is 0.107. The molecule has 22 heavy (non-hydrogen) atoms. The van der Waals surface area contributed by atoms with Crippen molar-refractivity contribution in [1.29, 1.82) is 0 Å². The second kappa shape index (κ2) is 6.43. The lowest BCUT2D eigenvalue weighted by Crippen LogP contribution is -2.06. The van der Waals surface area contributed by atoms with Crippen LogP contribution in [0.2, 0.25) is 0 Å². The maximum atomic E-state index is 12.7. The zero-order valence-corrected chi connectivity index (χ0v) is 12.5. The van der Waals surface area contributed by atoms with Gasteiger partial charge in [0.05, 0.1) is 17.9 Å². The first kappa shape index (κ1) is 16.4. The van der Waals surface area contributed by atoms with E-state index in [1.165, 1.54) is 12.1 Å². The third kappa shape index (κ3) is 3.62. The molecular formula is C14H12F3NO3S. The molecular weight excluding hydrogens is 319 g/mol. The number of hydrogen-bond acceptors (Lipinski definition) is 5. The van der Waals surface area contributed by atoms with Gasteiger partial charge in [-0.25, -0.2) is 4.79 Å². The Morgan fingerprint density at radius 3 is 2.77 bits per heavy atom. The highest BCUT2D eigenvalue weighted by Crippen LogP contribution is 2.36. The molecule has 8 heteroatoms. The van der Waals surface area contributed by atoms with Gasteiger partial charge in [0.25, 0.3) is 0 Å². The van der Waals surface area contributed by atoms with Crippen molar-refractivity contribution in [3.05, 3.63) is 41.1 Å². The SMILES string of the molecule is CCOC(=O)c1c(C)noc1Sc1cccc(C(F)(F)F)c1. The summed E-state index contributed by atoms with van der Waals surface area (Å²) in [5, 5.41) is 3.78. The molecule has 0 amide bonds. The van der Waals surface area contributed by atoms with Crippen LogP contribution < -0.4 is 0 Å². The van der Waals surface area contributed by atoms with Crippen molar-refractivity contribution < 1.29 is 27.2 Å². The van der Waals surface area contributed by atoms with E-state index in [9.17, 15) is 18.0 Å². The third-order valence-corrected chi connectivity index (χ3v) is 3.64. The molecule has 118 valence electrons. The molecule has 0 aliphatic rings. The largest absolute Gasteiger partial charge is 0.462 e. The Morgan fingerprint density at radius 1 is 1.41 bits per heavy atom. The fraction of sp³-hybridized carbons (Fsp3) is 0.286. The van der Waals surface area contributed by atoms with Crippen LogP contribution in [0.5, 0.6) is 0 Å². The monoisotopic (exact) mass is 331 g/mol. The molecule has 0 aliphatic heterocycles.